The molecule has 0 amide bonds. The van der Waals surface area contributed by atoms with E-state index in [4.69, 9.17) is 10.5 Å². The maximum Gasteiger partial charge on any atom is 0.419 e. The van der Waals surface area contributed by atoms with Crippen LogP contribution in [0.25, 0.3) is 0 Å². The van der Waals surface area contributed by atoms with E-state index < -0.39 is 41.6 Å². The number of carbonyl (C=O) groups excluding carboxylic acids is 1. The second-order valence-electron chi connectivity index (χ2n) is 5.62. The maximum absolute atomic E-state index is 13.4. The number of esters is 1. The molecular weight excluding hydrogens is 290 g/mol. The fraction of sp³-hybridized carbons (Fsp3) is 0.500. The van der Waals surface area contributed by atoms with Crippen molar-refractivity contribution in [2.24, 2.45) is 5.73 Å². The molecule has 118 valence electrons. The molecule has 0 spiro atoms. The number of nitrogens with two attached hydrogens (primary N) is 1. The van der Waals surface area contributed by atoms with Crippen molar-refractivity contribution in [3.63, 3.8) is 0 Å². The highest BCUT2D eigenvalue weighted by Crippen LogP contribution is 2.34. The molecule has 0 aliphatic carbocycles. The normalized spacial score (nSPS) is 13.9. The van der Waals surface area contributed by atoms with E-state index in [9.17, 15) is 22.4 Å². The highest BCUT2D eigenvalue weighted by atomic mass is 19.4. The molecule has 0 heterocycles. The molecule has 7 heteroatoms. The second kappa shape index (κ2) is 6.01. The molecule has 21 heavy (non-hydrogen) atoms. The Bertz CT molecular complexity index is 521. The molecule has 1 rings (SSSR count). The molecule has 0 fully saturated rings. The van der Waals surface area contributed by atoms with E-state index in [-0.39, 0.29) is 5.56 Å². The lowest BCUT2D eigenvalue weighted by molar-refractivity contribution is -0.156. The fourth-order valence-corrected chi connectivity index (χ4v) is 1.75. The van der Waals surface area contributed by atoms with Gasteiger partial charge < -0.3 is 10.5 Å². The molecule has 2 N–H and O–H groups in total. The predicted octanol–water partition coefficient (Wildman–Crippen LogP) is 3.06. The number of carbonyl (C=O) groups is 1. The van der Waals surface area contributed by atoms with Gasteiger partial charge in [0.25, 0.3) is 0 Å². The zero-order valence-electron chi connectivity index (χ0n) is 11.9. The SMILES string of the molecule is CC(C)(C)OC(=O)[C@@H](N)Cc1cccc(F)c1C(F)(F)F. The van der Waals surface area contributed by atoms with E-state index in [0.29, 0.717) is 6.07 Å². The Hall–Kier alpha value is -1.63. The summed E-state index contributed by atoms with van der Waals surface area (Å²) in [6.07, 6.45) is -5.31. The van der Waals surface area contributed by atoms with Crippen LogP contribution < -0.4 is 5.73 Å². The van der Waals surface area contributed by atoms with Gasteiger partial charge in [0.2, 0.25) is 0 Å². The minimum Gasteiger partial charge on any atom is -0.459 e. The summed E-state index contributed by atoms with van der Waals surface area (Å²) in [5.74, 6) is -2.23. The van der Waals surface area contributed by atoms with Gasteiger partial charge in [-0.05, 0) is 38.8 Å². The summed E-state index contributed by atoms with van der Waals surface area (Å²) in [5.41, 5.74) is 2.98. The molecule has 0 radical (unpaired) electrons. The van der Waals surface area contributed by atoms with Gasteiger partial charge in [-0.1, -0.05) is 12.1 Å². The first-order chi connectivity index (χ1) is 9.42. The molecule has 0 aromatic heterocycles. The number of halogens is 4. The molecule has 0 aliphatic rings. The van der Waals surface area contributed by atoms with E-state index in [1.807, 2.05) is 0 Å². The van der Waals surface area contributed by atoms with Gasteiger partial charge in [-0.15, -0.1) is 0 Å². The maximum atomic E-state index is 13.4. The number of benzene rings is 1. The summed E-state index contributed by atoms with van der Waals surface area (Å²) in [4.78, 5) is 11.7. The van der Waals surface area contributed by atoms with Gasteiger partial charge in [0.05, 0.1) is 5.56 Å². The lowest BCUT2D eigenvalue weighted by atomic mass is 9.99. The van der Waals surface area contributed by atoms with Crippen LogP contribution in [0.3, 0.4) is 0 Å². The standard InChI is InChI=1S/C14H17F4NO2/c1-13(2,3)21-12(20)10(19)7-8-5-4-6-9(15)11(8)14(16,17)18/h4-6,10H,7,19H2,1-3H3/t10-/m0/s1. The van der Waals surface area contributed by atoms with Gasteiger partial charge in [-0.2, -0.15) is 13.2 Å². The van der Waals surface area contributed by atoms with Crippen LogP contribution in [0.5, 0.6) is 0 Å². The van der Waals surface area contributed by atoms with E-state index in [1.165, 1.54) is 0 Å². The molecule has 0 unspecified atom stereocenters. The molecule has 0 saturated carbocycles. The number of ether oxygens (including phenoxy) is 1. The minimum atomic E-state index is -4.85. The van der Waals surface area contributed by atoms with E-state index >= 15 is 0 Å². The quantitative estimate of drug-likeness (QED) is 0.690. The second-order valence-corrected chi connectivity index (χ2v) is 5.62. The minimum absolute atomic E-state index is 0.374. The Morgan fingerprint density at radius 3 is 2.33 bits per heavy atom. The Balaban J connectivity index is 2.99. The summed E-state index contributed by atoms with van der Waals surface area (Å²) in [7, 11) is 0. The molecule has 1 aromatic carbocycles. The summed E-state index contributed by atoms with van der Waals surface area (Å²) in [6, 6.07) is 1.65. The van der Waals surface area contributed by atoms with Crippen molar-refractivity contribution in [3.8, 4) is 0 Å². The fourth-order valence-electron chi connectivity index (χ4n) is 1.75. The van der Waals surface area contributed by atoms with Gasteiger partial charge in [0.1, 0.15) is 17.5 Å². The average molecular weight is 307 g/mol. The van der Waals surface area contributed by atoms with Crippen LogP contribution >= 0.6 is 0 Å². The lowest BCUT2D eigenvalue weighted by Gasteiger charge is -2.23. The topological polar surface area (TPSA) is 52.3 Å². The Morgan fingerprint density at radius 2 is 1.86 bits per heavy atom. The molecular formula is C14H17F4NO2. The summed E-state index contributed by atoms with van der Waals surface area (Å²) in [6.45, 7) is 4.84. The highest BCUT2D eigenvalue weighted by Gasteiger charge is 2.37. The Morgan fingerprint density at radius 1 is 1.29 bits per heavy atom. The monoisotopic (exact) mass is 307 g/mol. The molecule has 1 atom stereocenters. The lowest BCUT2D eigenvalue weighted by Crippen LogP contribution is -2.39. The van der Waals surface area contributed by atoms with Crippen LogP contribution in [0.1, 0.15) is 31.9 Å². The first-order valence-electron chi connectivity index (χ1n) is 6.25. The third-order valence-electron chi connectivity index (χ3n) is 2.53. The third kappa shape index (κ3) is 5.00. The number of hydrogen-bond acceptors (Lipinski definition) is 3. The van der Waals surface area contributed by atoms with Crippen LogP contribution in [0.15, 0.2) is 18.2 Å². The van der Waals surface area contributed by atoms with Crippen molar-refractivity contribution >= 4 is 5.97 Å². The highest BCUT2D eigenvalue weighted by molar-refractivity contribution is 5.76. The summed E-state index contributed by atoms with van der Waals surface area (Å²) >= 11 is 0. The first kappa shape index (κ1) is 17.4. The van der Waals surface area contributed by atoms with Crippen molar-refractivity contribution in [2.45, 2.75) is 45.0 Å². The van der Waals surface area contributed by atoms with Gasteiger partial charge in [0, 0.05) is 0 Å². The zero-order chi connectivity index (χ0) is 16.4. The number of rotatable bonds is 3. The van der Waals surface area contributed by atoms with Gasteiger partial charge in [-0.3, -0.25) is 4.79 Å². The van der Waals surface area contributed by atoms with Crippen molar-refractivity contribution in [3.05, 3.63) is 35.1 Å². The van der Waals surface area contributed by atoms with Crippen LogP contribution in [0.4, 0.5) is 17.6 Å². The largest absolute Gasteiger partial charge is 0.459 e. The van der Waals surface area contributed by atoms with Crippen molar-refractivity contribution < 1.29 is 27.1 Å². The van der Waals surface area contributed by atoms with Gasteiger partial charge >= 0.3 is 12.1 Å². The van der Waals surface area contributed by atoms with Crippen LogP contribution in [0.2, 0.25) is 0 Å². The molecule has 0 bridgehead atoms. The van der Waals surface area contributed by atoms with E-state index in [2.05, 4.69) is 0 Å². The van der Waals surface area contributed by atoms with Gasteiger partial charge in [0.15, 0.2) is 0 Å². The Labute approximate surface area is 120 Å². The molecule has 3 nitrogen and oxygen atoms in total. The van der Waals surface area contributed by atoms with Crippen molar-refractivity contribution in [1.29, 1.82) is 0 Å². The molecule has 1 aromatic rings. The van der Waals surface area contributed by atoms with E-state index in [0.717, 1.165) is 12.1 Å². The van der Waals surface area contributed by atoms with E-state index in [1.54, 1.807) is 20.8 Å². The molecule has 0 saturated heterocycles. The van der Waals surface area contributed by atoms with Crippen molar-refractivity contribution in [1.82, 2.24) is 0 Å². The van der Waals surface area contributed by atoms with Crippen molar-refractivity contribution in [2.75, 3.05) is 0 Å². The smallest absolute Gasteiger partial charge is 0.419 e. The van der Waals surface area contributed by atoms with Crippen LogP contribution in [0, 0.1) is 5.82 Å². The Kier molecular flexibility index (Phi) is 4.99. The van der Waals surface area contributed by atoms with Crippen LogP contribution in [-0.4, -0.2) is 17.6 Å². The predicted molar refractivity (Wildman–Crippen MR) is 68.9 cm³/mol. The third-order valence-corrected chi connectivity index (χ3v) is 2.53. The first-order valence-corrected chi connectivity index (χ1v) is 6.25. The average Bonchev–Trinajstić information content (AvgIpc) is 2.24. The molecule has 0 aliphatic heterocycles. The zero-order valence-corrected chi connectivity index (χ0v) is 11.9. The number of alkyl halides is 3. The summed E-state index contributed by atoms with van der Waals surface area (Å²) < 4.78 is 56.9. The number of hydrogen-bond donors (Lipinski definition) is 1. The summed E-state index contributed by atoms with van der Waals surface area (Å²) in [5, 5.41) is 0. The van der Waals surface area contributed by atoms with Crippen LogP contribution in [-0.2, 0) is 22.1 Å². The van der Waals surface area contributed by atoms with Gasteiger partial charge in [-0.25, -0.2) is 4.39 Å².